The van der Waals surface area contributed by atoms with Crippen molar-refractivity contribution in [1.82, 2.24) is 0 Å². The lowest BCUT2D eigenvalue weighted by Crippen LogP contribution is -2.16. The third kappa shape index (κ3) is 5.51. The van der Waals surface area contributed by atoms with Gasteiger partial charge in [-0.05, 0) is 109 Å². The number of hydrogen-bond donors (Lipinski definition) is 0. The van der Waals surface area contributed by atoms with E-state index in [2.05, 4.69) is 219 Å². The van der Waals surface area contributed by atoms with E-state index in [4.69, 9.17) is 0 Å². The molecule has 1 heterocycles. The highest BCUT2D eigenvalue weighted by Crippen LogP contribution is 2.52. The van der Waals surface area contributed by atoms with Crippen molar-refractivity contribution in [3.05, 3.63) is 211 Å². The van der Waals surface area contributed by atoms with Crippen molar-refractivity contribution in [2.75, 3.05) is 4.90 Å². The number of thiophene rings is 1. The molecule has 0 saturated heterocycles. The second kappa shape index (κ2) is 13.2. The van der Waals surface area contributed by atoms with Crippen molar-refractivity contribution in [2.45, 2.75) is 19.3 Å². The van der Waals surface area contributed by atoms with E-state index >= 15 is 0 Å². The van der Waals surface area contributed by atoms with Crippen LogP contribution >= 0.6 is 11.3 Å². The van der Waals surface area contributed by atoms with Crippen molar-refractivity contribution in [3.8, 4) is 44.5 Å². The van der Waals surface area contributed by atoms with E-state index in [1.807, 2.05) is 11.3 Å². The van der Waals surface area contributed by atoms with Gasteiger partial charge < -0.3 is 4.90 Å². The predicted molar refractivity (Wildman–Crippen MR) is 245 cm³/mol. The molecule has 0 amide bonds. The van der Waals surface area contributed by atoms with Gasteiger partial charge in [0.15, 0.2) is 0 Å². The molecule has 2 heteroatoms. The molecule has 0 fully saturated rings. The lowest BCUT2D eigenvalue weighted by atomic mass is 9.79. The number of anilines is 3. The standard InChI is InChI=1S/C55H39NS/c1-55(2)50-21-10-8-17-46(50)48-20-12-19-45(54(48)55)38-25-28-42(29-26-38)56(43-30-32-53-49(35-43)47-18-9-11-22-52(47)57-53)51-34-41(27-31-44(51)37-14-4-3-5-15-37)40-24-23-36-13-6-7-16-39(36)33-40/h3-35H,1-2H3. The molecule has 0 radical (unpaired) electrons. The molecule has 0 atom stereocenters. The number of hydrogen-bond acceptors (Lipinski definition) is 2. The first-order chi connectivity index (χ1) is 28.0. The maximum absolute atomic E-state index is 2.47. The van der Waals surface area contributed by atoms with Gasteiger partial charge in [-0.25, -0.2) is 0 Å². The molecule has 11 rings (SSSR count). The molecule has 1 aliphatic carbocycles. The van der Waals surface area contributed by atoms with Gasteiger partial charge >= 0.3 is 0 Å². The van der Waals surface area contributed by atoms with Crippen LogP contribution in [0.5, 0.6) is 0 Å². The van der Waals surface area contributed by atoms with Crippen molar-refractivity contribution < 1.29 is 0 Å². The van der Waals surface area contributed by atoms with Crippen LogP contribution < -0.4 is 4.90 Å². The third-order valence-electron chi connectivity index (χ3n) is 12.0. The summed E-state index contributed by atoms with van der Waals surface area (Å²) in [6.07, 6.45) is 0. The zero-order valence-electron chi connectivity index (χ0n) is 31.9. The van der Waals surface area contributed by atoms with Crippen LogP contribution in [0.1, 0.15) is 25.0 Å². The van der Waals surface area contributed by atoms with E-state index in [1.54, 1.807) is 0 Å². The van der Waals surface area contributed by atoms with Crippen molar-refractivity contribution in [2.24, 2.45) is 0 Å². The predicted octanol–water partition coefficient (Wildman–Crippen LogP) is 16.0. The number of rotatable bonds is 6. The van der Waals surface area contributed by atoms with Gasteiger partial charge in [-0.1, -0.05) is 166 Å². The Labute approximate surface area is 337 Å². The molecule has 1 aromatic heterocycles. The van der Waals surface area contributed by atoms with Crippen LogP contribution in [0.25, 0.3) is 75.5 Å². The summed E-state index contributed by atoms with van der Waals surface area (Å²) in [5, 5.41) is 5.06. The van der Waals surface area contributed by atoms with Gasteiger partial charge in [0.2, 0.25) is 0 Å². The van der Waals surface area contributed by atoms with Gasteiger partial charge in [0.25, 0.3) is 0 Å². The van der Waals surface area contributed by atoms with Crippen LogP contribution in [0.4, 0.5) is 17.1 Å². The Balaban J connectivity index is 1.12. The van der Waals surface area contributed by atoms with E-state index in [0.29, 0.717) is 0 Å². The molecular weight excluding hydrogens is 707 g/mol. The maximum atomic E-state index is 2.47. The van der Waals surface area contributed by atoms with Crippen LogP contribution in [-0.2, 0) is 5.41 Å². The number of fused-ring (bicyclic) bond motifs is 7. The fraction of sp³-hybridized carbons (Fsp3) is 0.0545. The molecule has 0 bridgehead atoms. The minimum Gasteiger partial charge on any atom is -0.310 e. The number of benzene rings is 9. The van der Waals surface area contributed by atoms with E-state index < -0.39 is 0 Å². The third-order valence-corrected chi connectivity index (χ3v) is 13.2. The van der Waals surface area contributed by atoms with E-state index in [-0.39, 0.29) is 5.41 Å². The Kier molecular flexibility index (Phi) is 7.77. The summed E-state index contributed by atoms with van der Waals surface area (Å²) in [7, 11) is 0. The molecule has 0 saturated carbocycles. The van der Waals surface area contributed by atoms with Crippen molar-refractivity contribution >= 4 is 59.3 Å². The maximum Gasteiger partial charge on any atom is 0.0546 e. The summed E-state index contributed by atoms with van der Waals surface area (Å²) >= 11 is 1.86. The second-order valence-electron chi connectivity index (χ2n) is 15.7. The van der Waals surface area contributed by atoms with Crippen LogP contribution in [-0.4, -0.2) is 0 Å². The highest BCUT2D eigenvalue weighted by atomic mass is 32.1. The van der Waals surface area contributed by atoms with E-state index in [0.717, 1.165) is 17.1 Å². The van der Waals surface area contributed by atoms with Crippen molar-refractivity contribution in [3.63, 3.8) is 0 Å². The average molecular weight is 746 g/mol. The summed E-state index contributed by atoms with van der Waals surface area (Å²) in [4.78, 5) is 2.47. The van der Waals surface area contributed by atoms with Crippen LogP contribution in [0.2, 0.25) is 0 Å². The lowest BCUT2D eigenvalue weighted by molar-refractivity contribution is 0.662. The topological polar surface area (TPSA) is 3.24 Å². The molecule has 57 heavy (non-hydrogen) atoms. The van der Waals surface area contributed by atoms with Crippen molar-refractivity contribution in [1.29, 1.82) is 0 Å². The molecule has 0 spiro atoms. The summed E-state index contributed by atoms with van der Waals surface area (Å²) in [6, 6.07) is 74.0. The minimum absolute atomic E-state index is 0.0975. The molecule has 9 aromatic carbocycles. The molecule has 0 unspecified atom stereocenters. The van der Waals surface area contributed by atoms with Gasteiger partial charge in [-0.15, -0.1) is 11.3 Å². The summed E-state index contributed by atoms with van der Waals surface area (Å²) in [5.41, 5.74) is 16.0. The first kappa shape index (κ1) is 33.6. The minimum atomic E-state index is -0.0975. The van der Waals surface area contributed by atoms with Crippen LogP contribution in [0, 0.1) is 0 Å². The Hall–Kier alpha value is -6.74. The molecular formula is C55H39NS. The van der Waals surface area contributed by atoms with Gasteiger partial charge in [-0.3, -0.25) is 0 Å². The lowest BCUT2D eigenvalue weighted by Gasteiger charge is -2.29. The highest BCUT2D eigenvalue weighted by molar-refractivity contribution is 7.25. The van der Waals surface area contributed by atoms with Gasteiger partial charge in [0.05, 0.1) is 5.69 Å². The zero-order chi connectivity index (χ0) is 38.1. The molecule has 0 aliphatic heterocycles. The second-order valence-corrected chi connectivity index (χ2v) is 16.8. The number of nitrogens with zero attached hydrogens (tertiary/aromatic N) is 1. The van der Waals surface area contributed by atoms with Gasteiger partial charge in [0.1, 0.15) is 0 Å². The van der Waals surface area contributed by atoms with E-state index in [9.17, 15) is 0 Å². The summed E-state index contributed by atoms with van der Waals surface area (Å²) in [5.74, 6) is 0. The SMILES string of the molecule is CC1(C)c2ccccc2-c2cccc(-c3ccc(N(c4ccc5sc6ccccc6c5c4)c4cc(-c5ccc6ccccc6c5)ccc4-c4ccccc4)cc3)c21. The molecule has 270 valence electrons. The van der Waals surface area contributed by atoms with Gasteiger partial charge in [-0.2, -0.15) is 0 Å². The molecule has 1 aliphatic rings. The van der Waals surface area contributed by atoms with Crippen LogP contribution in [0.15, 0.2) is 200 Å². The fourth-order valence-electron chi connectivity index (χ4n) is 9.29. The Bertz CT molecular complexity index is 3150. The monoisotopic (exact) mass is 745 g/mol. The smallest absolute Gasteiger partial charge is 0.0546 e. The fourth-order valence-corrected chi connectivity index (χ4v) is 10.4. The Morgan fingerprint density at radius 1 is 0.386 bits per heavy atom. The Morgan fingerprint density at radius 2 is 1.02 bits per heavy atom. The average Bonchev–Trinajstić information content (AvgIpc) is 3.75. The first-order valence-corrected chi connectivity index (χ1v) is 20.6. The van der Waals surface area contributed by atoms with Gasteiger partial charge in [0, 0.05) is 42.5 Å². The molecule has 10 aromatic rings. The van der Waals surface area contributed by atoms with E-state index in [1.165, 1.54) is 86.6 Å². The van der Waals surface area contributed by atoms with Crippen LogP contribution in [0.3, 0.4) is 0 Å². The summed E-state index contributed by atoms with van der Waals surface area (Å²) < 4.78 is 2.61. The largest absolute Gasteiger partial charge is 0.310 e. The normalized spacial score (nSPS) is 12.9. The molecule has 1 nitrogen and oxygen atoms in total. The quantitative estimate of drug-likeness (QED) is 0.164. The first-order valence-electron chi connectivity index (χ1n) is 19.8. The molecule has 0 N–H and O–H groups in total. The zero-order valence-corrected chi connectivity index (χ0v) is 32.7. The Morgan fingerprint density at radius 3 is 1.89 bits per heavy atom. The summed E-state index contributed by atoms with van der Waals surface area (Å²) in [6.45, 7) is 4.74. The highest BCUT2D eigenvalue weighted by Gasteiger charge is 2.37.